The first kappa shape index (κ1) is 31.2. The molecule has 1 heterocycles. The topological polar surface area (TPSA) is 16.4 Å². The lowest BCUT2D eigenvalue weighted by atomic mass is 9.81. The summed E-state index contributed by atoms with van der Waals surface area (Å²) in [5.74, 6) is 0. The summed E-state index contributed by atoms with van der Waals surface area (Å²) in [4.78, 5) is 2.57. The van der Waals surface area contributed by atoms with Crippen LogP contribution in [0.2, 0.25) is 0 Å². The van der Waals surface area contributed by atoms with E-state index in [1.54, 1.807) is 0 Å². The number of nitrogens with zero attached hydrogens (tertiary/aromatic N) is 1. The molecule has 2 aliphatic rings. The molecule has 2 heteroatoms. The van der Waals surface area contributed by atoms with Crippen molar-refractivity contribution in [1.82, 2.24) is 0 Å². The second-order valence-electron chi connectivity index (χ2n) is 16.1. The van der Waals surface area contributed by atoms with Gasteiger partial charge in [0.15, 0.2) is 0 Å². The van der Waals surface area contributed by atoms with Gasteiger partial charge in [-0.25, -0.2) is 0 Å². The van der Waals surface area contributed by atoms with Gasteiger partial charge in [0, 0.05) is 27.3 Å². The van der Waals surface area contributed by atoms with Crippen molar-refractivity contribution in [2.75, 3.05) is 4.90 Å². The van der Waals surface area contributed by atoms with Crippen LogP contribution in [0.15, 0.2) is 168 Å². The summed E-state index contributed by atoms with van der Waals surface area (Å²) in [6.07, 6.45) is 0. The molecule has 0 aliphatic heterocycles. The van der Waals surface area contributed by atoms with Crippen molar-refractivity contribution < 1.29 is 4.42 Å². The third kappa shape index (κ3) is 4.17. The van der Waals surface area contributed by atoms with E-state index in [2.05, 4.69) is 196 Å². The Morgan fingerprint density at radius 3 is 1.94 bits per heavy atom. The van der Waals surface area contributed by atoms with Crippen LogP contribution in [0.4, 0.5) is 17.1 Å². The molecule has 0 unspecified atom stereocenters. The van der Waals surface area contributed by atoms with E-state index < -0.39 is 0 Å². The number of benzene rings is 8. The number of rotatable bonds is 4. The van der Waals surface area contributed by atoms with Gasteiger partial charge in [-0.05, 0) is 91.7 Å². The number of hydrogen-bond acceptors (Lipinski definition) is 2. The zero-order valence-electron chi connectivity index (χ0n) is 30.9. The van der Waals surface area contributed by atoms with Crippen LogP contribution in [0, 0.1) is 0 Å². The van der Waals surface area contributed by atoms with Crippen LogP contribution in [0.25, 0.3) is 66.1 Å². The maximum absolute atomic E-state index is 6.95. The lowest BCUT2D eigenvalue weighted by molar-refractivity contribution is 0.659. The smallest absolute Gasteiger partial charge is 0.145 e. The van der Waals surface area contributed by atoms with Crippen molar-refractivity contribution in [3.05, 3.63) is 186 Å². The normalized spacial score (nSPS) is 14.6. The molecule has 8 aromatic carbocycles. The van der Waals surface area contributed by atoms with E-state index in [1.165, 1.54) is 66.7 Å². The lowest BCUT2D eigenvalue weighted by Gasteiger charge is -2.34. The van der Waals surface area contributed by atoms with Gasteiger partial charge in [-0.2, -0.15) is 0 Å². The summed E-state index contributed by atoms with van der Waals surface area (Å²) < 4.78 is 6.95. The van der Waals surface area contributed by atoms with Crippen molar-refractivity contribution in [1.29, 1.82) is 0 Å². The molecule has 0 radical (unpaired) electrons. The van der Waals surface area contributed by atoms with Crippen LogP contribution in [-0.4, -0.2) is 0 Å². The maximum atomic E-state index is 6.95. The van der Waals surface area contributed by atoms with Crippen LogP contribution in [0.3, 0.4) is 0 Å². The van der Waals surface area contributed by atoms with E-state index in [4.69, 9.17) is 4.42 Å². The third-order valence-electron chi connectivity index (χ3n) is 12.4. The minimum atomic E-state index is -0.224. The molecule has 0 amide bonds. The van der Waals surface area contributed by atoms with E-state index in [0.717, 1.165) is 38.8 Å². The highest BCUT2D eigenvalue weighted by Gasteiger charge is 2.42. The van der Waals surface area contributed by atoms with Gasteiger partial charge in [-0.15, -0.1) is 0 Å². The first-order chi connectivity index (χ1) is 26.3. The fourth-order valence-corrected chi connectivity index (χ4v) is 9.90. The van der Waals surface area contributed by atoms with Crippen LogP contribution >= 0.6 is 0 Å². The molecule has 0 atom stereocenters. The molecule has 0 saturated carbocycles. The average molecular weight is 694 g/mol. The molecule has 54 heavy (non-hydrogen) atoms. The average Bonchev–Trinajstić information content (AvgIpc) is 3.79. The summed E-state index contributed by atoms with van der Waals surface area (Å²) in [5.41, 5.74) is 17.8. The Labute approximate surface area is 315 Å². The largest absolute Gasteiger partial charge is 0.455 e. The molecule has 0 N–H and O–H groups in total. The van der Waals surface area contributed by atoms with Crippen LogP contribution in [-0.2, 0) is 10.8 Å². The van der Waals surface area contributed by atoms with E-state index in [0.29, 0.717) is 0 Å². The zero-order valence-corrected chi connectivity index (χ0v) is 30.9. The lowest BCUT2D eigenvalue weighted by Crippen LogP contribution is -2.21. The van der Waals surface area contributed by atoms with Gasteiger partial charge in [-0.1, -0.05) is 155 Å². The Morgan fingerprint density at radius 2 is 1.09 bits per heavy atom. The van der Waals surface area contributed by atoms with E-state index >= 15 is 0 Å². The fourth-order valence-electron chi connectivity index (χ4n) is 9.90. The van der Waals surface area contributed by atoms with Gasteiger partial charge in [0.1, 0.15) is 11.2 Å². The summed E-state index contributed by atoms with van der Waals surface area (Å²) in [6, 6.07) is 60.2. The molecular formula is C52H39NO. The molecule has 9 aromatic rings. The van der Waals surface area contributed by atoms with E-state index in [9.17, 15) is 0 Å². The van der Waals surface area contributed by atoms with E-state index in [1.807, 2.05) is 0 Å². The van der Waals surface area contributed by atoms with Gasteiger partial charge in [0.05, 0.1) is 22.4 Å². The molecule has 2 aliphatic carbocycles. The van der Waals surface area contributed by atoms with Crippen molar-refractivity contribution in [3.63, 3.8) is 0 Å². The maximum Gasteiger partial charge on any atom is 0.145 e. The highest BCUT2D eigenvalue weighted by Crippen LogP contribution is 2.59. The second kappa shape index (κ2) is 11.1. The first-order valence-electron chi connectivity index (χ1n) is 19.0. The third-order valence-corrected chi connectivity index (χ3v) is 12.4. The van der Waals surface area contributed by atoms with E-state index in [-0.39, 0.29) is 10.8 Å². The zero-order chi connectivity index (χ0) is 36.3. The van der Waals surface area contributed by atoms with Crippen LogP contribution in [0.1, 0.15) is 49.9 Å². The molecule has 0 fully saturated rings. The minimum Gasteiger partial charge on any atom is -0.455 e. The quantitative estimate of drug-likeness (QED) is 0.182. The minimum absolute atomic E-state index is 0.140. The number of furan rings is 1. The summed E-state index contributed by atoms with van der Waals surface area (Å²) in [6.45, 7) is 9.51. The van der Waals surface area contributed by atoms with Crippen molar-refractivity contribution in [2.24, 2.45) is 0 Å². The van der Waals surface area contributed by atoms with Gasteiger partial charge >= 0.3 is 0 Å². The molecule has 11 rings (SSSR count). The van der Waals surface area contributed by atoms with Crippen molar-refractivity contribution in [2.45, 2.75) is 38.5 Å². The Bertz CT molecular complexity index is 3010. The number of fused-ring (bicyclic) bond motifs is 10. The molecule has 2 nitrogen and oxygen atoms in total. The molecule has 1 aromatic heterocycles. The van der Waals surface area contributed by atoms with Gasteiger partial charge < -0.3 is 9.32 Å². The Kier molecular flexibility index (Phi) is 6.39. The molecule has 258 valence electrons. The predicted octanol–water partition coefficient (Wildman–Crippen LogP) is 14.5. The van der Waals surface area contributed by atoms with Gasteiger partial charge in [0.25, 0.3) is 0 Å². The Hall–Kier alpha value is -6.38. The predicted molar refractivity (Wildman–Crippen MR) is 226 cm³/mol. The standard InChI is InChI=1S/C52H39NO/c1-51(2)41-22-11-8-18-38(41)47-42(51)23-14-24-43(47)53(45-25-13-20-37-36-17-7-10-21-40(36)52(3,4)49(37)45)44-30-29-35(34-28-27-32-15-5-6-16-33(32)31-34)50-48(44)39-19-9-12-26-46(39)54-50/h5-31H,1-4H3. The number of hydrogen-bond donors (Lipinski definition) is 0. The first-order valence-corrected chi connectivity index (χ1v) is 19.0. The molecule has 0 spiro atoms. The second-order valence-corrected chi connectivity index (χ2v) is 16.1. The molecule has 0 bridgehead atoms. The highest BCUT2D eigenvalue weighted by molar-refractivity contribution is 6.18. The van der Waals surface area contributed by atoms with Crippen molar-refractivity contribution >= 4 is 49.8 Å². The SMILES string of the molecule is CC1(C)c2ccccc2-c2c(N(c3cccc4c3C(C)(C)c3ccccc3-4)c3ccc(-c4ccc5ccccc5c4)c4oc5ccccc5c34)cccc21. The summed E-state index contributed by atoms with van der Waals surface area (Å²) in [5, 5.41) is 4.67. The Morgan fingerprint density at radius 1 is 0.444 bits per heavy atom. The van der Waals surface area contributed by atoms with Crippen LogP contribution in [0.5, 0.6) is 0 Å². The summed E-state index contributed by atoms with van der Waals surface area (Å²) in [7, 11) is 0. The summed E-state index contributed by atoms with van der Waals surface area (Å²) >= 11 is 0. The molecular weight excluding hydrogens is 655 g/mol. The van der Waals surface area contributed by atoms with Crippen molar-refractivity contribution in [3.8, 4) is 33.4 Å². The number of para-hydroxylation sites is 1. The Balaban J connectivity index is 1.27. The monoisotopic (exact) mass is 693 g/mol. The van der Waals surface area contributed by atoms with Crippen LogP contribution < -0.4 is 4.90 Å². The number of anilines is 3. The molecule has 0 saturated heterocycles. The van der Waals surface area contributed by atoms with Gasteiger partial charge in [0.2, 0.25) is 0 Å². The fraction of sp³-hybridized carbons (Fsp3) is 0.115. The van der Waals surface area contributed by atoms with Gasteiger partial charge in [-0.3, -0.25) is 0 Å². The highest BCUT2D eigenvalue weighted by atomic mass is 16.3.